The van der Waals surface area contributed by atoms with Crippen LogP contribution in [0.25, 0.3) is 5.57 Å². The zero-order valence-corrected chi connectivity index (χ0v) is 16.0. The Bertz CT molecular complexity index is 864. The fraction of sp³-hybridized carbons (Fsp3) is 0.455. The summed E-state index contributed by atoms with van der Waals surface area (Å²) >= 11 is 0. The number of hydrogen-bond acceptors (Lipinski definition) is 4. The summed E-state index contributed by atoms with van der Waals surface area (Å²) in [6.07, 6.45) is 6.70. The highest BCUT2D eigenvalue weighted by Crippen LogP contribution is 2.43. The molecule has 0 spiro atoms. The maximum absolute atomic E-state index is 13.6. The quantitative estimate of drug-likeness (QED) is 0.886. The SMILES string of the molecule is O=C(N1CC=C(c2ccccc2)CC1)[C@]12COC[C@H]1CN(Cc1cnc[nH]1)C2. The lowest BCUT2D eigenvalue weighted by atomic mass is 9.79. The monoisotopic (exact) mass is 378 g/mol. The molecule has 2 atom stereocenters. The molecule has 0 aliphatic carbocycles. The van der Waals surface area contributed by atoms with E-state index < -0.39 is 5.41 Å². The largest absolute Gasteiger partial charge is 0.380 e. The first-order chi connectivity index (χ1) is 13.7. The predicted molar refractivity (Wildman–Crippen MR) is 106 cm³/mol. The Morgan fingerprint density at radius 1 is 1.32 bits per heavy atom. The van der Waals surface area contributed by atoms with Crippen LogP contribution in [0, 0.1) is 11.3 Å². The van der Waals surface area contributed by atoms with Gasteiger partial charge in [-0.05, 0) is 17.6 Å². The Kier molecular flexibility index (Phi) is 4.53. The topological polar surface area (TPSA) is 61.5 Å². The van der Waals surface area contributed by atoms with E-state index in [2.05, 4.69) is 45.2 Å². The van der Waals surface area contributed by atoms with Gasteiger partial charge in [0.05, 0.1) is 25.0 Å². The second kappa shape index (κ2) is 7.18. The highest BCUT2D eigenvalue weighted by Gasteiger charge is 2.56. The molecule has 3 aliphatic rings. The number of nitrogens with zero attached hydrogens (tertiary/aromatic N) is 3. The van der Waals surface area contributed by atoms with Gasteiger partial charge in [-0.3, -0.25) is 9.69 Å². The number of rotatable bonds is 4. The van der Waals surface area contributed by atoms with Gasteiger partial charge in [-0.2, -0.15) is 0 Å². The standard InChI is InChI=1S/C22H26N4O2/c27-21(26-8-6-18(7-9-26)17-4-2-1-3-5-17)22-14-25(11-19(22)13-28-15-22)12-20-10-23-16-24-20/h1-6,10,16,19H,7-9,11-15H2,(H,23,24)/t19-,22-/m1/s1. The van der Waals surface area contributed by atoms with Crippen LogP contribution >= 0.6 is 0 Å². The number of carbonyl (C=O) groups is 1. The van der Waals surface area contributed by atoms with Gasteiger partial charge in [0.25, 0.3) is 0 Å². The van der Waals surface area contributed by atoms with Gasteiger partial charge in [0.2, 0.25) is 5.91 Å². The van der Waals surface area contributed by atoms with Crippen LogP contribution in [0.3, 0.4) is 0 Å². The maximum Gasteiger partial charge on any atom is 0.233 e. The van der Waals surface area contributed by atoms with Crippen molar-refractivity contribution in [1.29, 1.82) is 0 Å². The molecule has 2 fully saturated rings. The van der Waals surface area contributed by atoms with E-state index in [4.69, 9.17) is 4.74 Å². The van der Waals surface area contributed by atoms with Crippen LogP contribution in [-0.4, -0.2) is 65.1 Å². The van der Waals surface area contributed by atoms with Gasteiger partial charge in [-0.15, -0.1) is 0 Å². The zero-order chi connectivity index (χ0) is 19.0. The van der Waals surface area contributed by atoms with Crippen molar-refractivity contribution >= 4 is 11.5 Å². The van der Waals surface area contributed by atoms with E-state index in [0.717, 1.165) is 38.3 Å². The third-order valence-corrected chi connectivity index (χ3v) is 6.46. The Hall–Kier alpha value is -2.44. The fourth-order valence-electron chi connectivity index (χ4n) is 4.96. The second-order valence-corrected chi connectivity index (χ2v) is 8.21. The van der Waals surface area contributed by atoms with Crippen LogP contribution in [-0.2, 0) is 16.1 Å². The highest BCUT2D eigenvalue weighted by atomic mass is 16.5. The molecule has 28 heavy (non-hydrogen) atoms. The molecule has 3 aliphatic heterocycles. The lowest BCUT2D eigenvalue weighted by molar-refractivity contribution is -0.142. The molecule has 1 aromatic carbocycles. The van der Waals surface area contributed by atoms with E-state index in [1.54, 1.807) is 6.33 Å². The third kappa shape index (κ3) is 3.06. The van der Waals surface area contributed by atoms with Crippen molar-refractivity contribution in [2.75, 3.05) is 39.4 Å². The van der Waals surface area contributed by atoms with E-state index in [1.165, 1.54) is 11.1 Å². The smallest absolute Gasteiger partial charge is 0.233 e. The molecule has 1 aromatic heterocycles. The first-order valence-corrected chi connectivity index (χ1v) is 10.1. The fourth-order valence-corrected chi connectivity index (χ4v) is 4.96. The van der Waals surface area contributed by atoms with Crippen LogP contribution in [0.4, 0.5) is 0 Å². The number of fused-ring (bicyclic) bond motifs is 1. The third-order valence-electron chi connectivity index (χ3n) is 6.46. The van der Waals surface area contributed by atoms with Crippen molar-refractivity contribution in [2.45, 2.75) is 13.0 Å². The molecule has 2 aromatic rings. The summed E-state index contributed by atoms with van der Waals surface area (Å²) in [5.41, 5.74) is 3.31. The average Bonchev–Trinajstić information content (AvgIpc) is 3.45. The summed E-state index contributed by atoms with van der Waals surface area (Å²) in [6, 6.07) is 10.5. The number of aromatic amines is 1. The molecule has 0 bridgehead atoms. The van der Waals surface area contributed by atoms with E-state index in [9.17, 15) is 4.79 Å². The summed E-state index contributed by atoms with van der Waals surface area (Å²) in [5, 5.41) is 0. The summed E-state index contributed by atoms with van der Waals surface area (Å²) in [5.74, 6) is 0.549. The Balaban J connectivity index is 1.30. The number of imidazole rings is 1. The minimum Gasteiger partial charge on any atom is -0.380 e. The van der Waals surface area contributed by atoms with Crippen LogP contribution in [0.2, 0.25) is 0 Å². The zero-order valence-electron chi connectivity index (χ0n) is 16.0. The molecule has 5 rings (SSSR count). The van der Waals surface area contributed by atoms with Gasteiger partial charge in [0.15, 0.2) is 0 Å². The molecular formula is C22H26N4O2. The van der Waals surface area contributed by atoms with Crippen LogP contribution < -0.4 is 0 Å². The van der Waals surface area contributed by atoms with Crippen molar-refractivity contribution < 1.29 is 9.53 Å². The molecule has 0 unspecified atom stereocenters. The van der Waals surface area contributed by atoms with Gasteiger partial charge >= 0.3 is 0 Å². The van der Waals surface area contributed by atoms with Crippen LogP contribution in [0.15, 0.2) is 48.9 Å². The minimum absolute atomic E-state index is 0.269. The highest BCUT2D eigenvalue weighted by molar-refractivity contribution is 5.85. The predicted octanol–water partition coefficient (Wildman–Crippen LogP) is 2.17. The van der Waals surface area contributed by atoms with E-state index >= 15 is 0 Å². The number of likely N-dealkylation sites (tertiary alicyclic amines) is 1. The number of H-pyrrole nitrogens is 1. The maximum atomic E-state index is 13.6. The van der Waals surface area contributed by atoms with Gasteiger partial charge in [-0.1, -0.05) is 36.4 Å². The van der Waals surface area contributed by atoms with Crippen molar-refractivity contribution in [1.82, 2.24) is 19.8 Å². The van der Waals surface area contributed by atoms with Crippen LogP contribution in [0.5, 0.6) is 0 Å². The van der Waals surface area contributed by atoms with Crippen molar-refractivity contribution in [3.63, 3.8) is 0 Å². The molecule has 146 valence electrons. The van der Waals surface area contributed by atoms with E-state index in [0.29, 0.717) is 19.8 Å². The Morgan fingerprint density at radius 3 is 2.96 bits per heavy atom. The number of benzene rings is 1. The number of aromatic nitrogens is 2. The number of hydrogen-bond donors (Lipinski definition) is 1. The minimum atomic E-state index is -0.391. The summed E-state index contributed by atoms with van der Waals surface area (Å²) in [4.78, 5) is 25.2. The molecule has 1 N–H and O–H groups in total. The van der Waals surface area contributed by atoms with Gasteiger partial charge in [0.1, 0.15) is 0 Å². The van der Waals surface area contributed by atoms with Crippen molar-refractivity contribution in [2.24, 2.45) is 11.3 Å². The molecule has 0 radical (unpaired) electrons. The number of carbonyl (C=O) groups excluding carboxylic acids is 1. The summed E-state index contributed by atoms with van der Waals surface area (Å²) < 4.78 is 5.79. The lowest BCUT2D eigenvalue weighted by Gasteiger charge is -2.35. The molecular weight excluding hydrogens is 352 g/mol. The molecule has 2 saturated heterocycles. The normalized spacial score (nSPS) is 27.6. The molecule has 4 heterocycles. The molecule has 1 amide bonds. The van der Waals surface area contributed by atoms with E-state index in [1.807, 2.05) is 17.2 Å². The first-order valence-electron chi connectivity index (χ1n) is 10.1. The van der Waals surface area contributed by atoms with Gasteiger partial charge < -0.3 is 14.6 Å². The average molecular weight is 378 g/mol. The lowest BCUT2D eigenvalue weighted by Crippen LogP contribution is -2.50. The number of amides is 1. The molecule has 6 nitrogen and oxygen atoms in total. The van der Waals surface area contributed by atoms with Gasteiger partial charge in [-0.25, -0.2) is 4.98 Å². The molecule has 0 saturated carbocycles. The Labute approximate surface area is 165 Å². The Morgan fingerprint density at radius 2 is 2.21 bits per heavy atom. The first kappa shape index (κ1) is 17.6. The molecule has 6 heteroatoms. The van der Waals surface area contributed by atoms with Crippen molar-refractivity contribution in [3.05, 3.63) is 60.2 Å². The van der Waals surface area contributed by atoms with E-state index in [-0.39, 0.29) is 11.8 Å². The summed E-state index contributed by atoms with van der Waals surface area (Å²) in [7, 11) is 0. The second-order valence-electron chi connectivity index (χ2n) is 8.21. The number of nitrogens with one attached hydrogen (secondary N) is 1. The van der Waals surface area contributed by atoms with Gasteiger partial charge in [0, 0.05) is 50.5 Å². The summed E-state index contributed by atoms with van der Waals surface area (Å²) in [6.45, 7) is 5.19. The van der Waals surface area contributed by atoms with Crippen molar-refractivity contribution in [3.8, 4) is 0 Å². The number of ether oxygens (including phenoxy) is 1. The van der Waals surface area contributed by atoms with Crippen LogP contribution in [0.1, 0.15) is 17.7 Å².